The minimum Gasteiger partial charge on any atom is -0.493 e. The van der Waals surface area contributed by atoms with Crippen molar-refractivity contribution in [2.24, 2.45) is 10.2 Å². The molecule has 0 aliphatic carbocycles. The van der Waals surface area contributed by atoms with E-state index in [0.717, 1.165) is 5.56 Å². The fourth-order valence-electron chi connectivity index (χ4n) is 3.54. The van der Waals surface area contributed by atoms with Gasteiger partial charge < -0.3 is 14.8 Å². The van der Waals surface area contributed by atoms with Crippen LogP contribution in [0, 0.1) is 10.1 Å². The number of aromatic amines is 1. The van der Waals surface area contributed by atoms with Crippen LogP contribution in [0.4, 0.5) is 11.4 Å². The number of amides is 1. The van der Waals surface area contributed by atoms with Gasteiger partial charge in [-0.25, -0.2) is 8.42 Å². The average Bonchev–Trinajstić information content (AvgIpc) is 3.16. The van der Waals surface area contributed by atoms with Crippen molar-refractivity contribution in [1.82, 2.24) is 9.29 Å². The van der Waals surface area contributed by atoms with Crippen LogP contribution in [0.15, 0.2) is 57.6 Å². The molecule has 1 aliphatic rings. The smallest absolute Gasteiger partial charge is 0.270 e. The molecule has 1 aliphatic heterocycles. The molecule has 4 rings (SSSR count). The highest BCUT2D eigenvalue weighted by molar-refractivity contribution is 7.89. The molecule has 0 unspecified atom stereocenters. The van der Waals surface area contributed by atoms with Gasteiger partial charge >= 0.3 is 0 Å². The average molecular weight is 487 g/mol. The molecule has 1 amide bonds. The van der Waals surface area contributed by atoms with E-state index in [0.29, 0.717) is 38.2 Å². The van der Waals surface area contributed by atoms with Crippen LogP contribution < -0.4 is 0 Å². The van der Waals surface area contributed by atoms with Gasteiger partial charge in [0.15, 0.2) is 5.69 Å². The zero-order chi connectivity index (χ0) is 24.3. The van der Waals surface area contributed by atoms with Gasteiger partial charge in [-0.05, 0) is 30.2 Å². The largest absolute Gasteiger partial charge is 0.493 e. The molecule has 3 aromatic rings. The van der Waals surface area contributed by atoms with E-state index in [2.05, 4.69) is 15.2 Å². The number of aromatic hydroxyl groups is 1. The summed E-state index contributed by atoms with van der Waals surface area (Å²) in [6.45, 7) is 1.34. The molecule has 0 saturated carbocycles. The number of benzene rings is 2. The predicted octanol–water partition coefficient (Wildman–Crippen LogP) is 3.05. The number of carbonyl (C=O) groups excluding carboxylic acids is 1. The number of hydrogen-bond donors (Lipinski definition) is 2. The minimum absolute atomic E-state index is 0.00231. The lowest BCUT2D eigenvalue weighted by Crippen LogP contribution is -2.40. The Labute approximate surface area is 194 Å². The van der Waals surface area contributed by atoms with Gasteiger partial charge in [0.2, 0.25) is 15.9 Å². The monoisotopic (exact) mass is 487 g/mol. The minimum atomic E-state index is -3.59. The molecule has 2 heterocycles. The zero-order valence-electron chi connectivity index (χ0n) is 17.9. The topological polar surface area (TPSA) is 168 Å². The number of azo groups is 1. The summed E-state index contributed by atoms with van der Waals surface area (Å²) in [6, 6.07) is 10.2. The maximum Gasteiger partial charge on any atom is 0.270 e. The van der Waals surface area contributed by atoms with Crippen molar-refractivity contribution in [2.45, 2.75) is 17.7 Å². The van der Waals surface area contributed by atoms with E-state index in [1.807, 2.05) is 0 Å². The molecule has 34 heavy (non-hydrogen) atoms. The number of hydrogen-bond acceptors (Lipinski definition) is 8. The second kappa shape index (κ2) is 9.67. The number of aromatic nitrogens is 1. The zero-order valence-corrected chi connectivity index (χ0v) is 18.7. The van der Waals surface area contributed by atoms with Crippen LogP contribution in [-0.2, 0) is 26.0 Å². The van der Waals surface area contributed by atoms with Crippen LogP contribution in [0.2, 0.25) is 0 Å². The Bertz CT molecular complexity index is 1360. The summed E-state index contributed by atoms with van der Waals surface area (Å²) in [5, 5.41) is 28.7. The number of nitrogens with one attached hydrogen (secondary N) is 1. The first-order valence-corrected chi connectivity index (χ1v) is 11.8. The second-order valence-electron chi connectivity index (χ2n) is 7.56. The first-order chi connectivity index (χ1) is 16.3. The number of carbonyl (C=O) groups is 1. The summed E-state index contributed by atoms with van der Waals surface area (Å²) in [5.74, 6) is -0.923. The molecule has 2 N–H and O–H groups in total. The number of ether oxygens (including phenoxy) is 1. The highest BCUT2D eigenvalue weighted by Crippen LogP contribution is 2.37. The Morgan fingerprint density at radius 1 is 1.18 bits per heavy atom. The number of H-pyrrole nitrogens is 1. The highest BCUT2D eigenvalue weighted by atomic mass is 32.2. The van der Waals surface area contributed by atoms with E-state index >= 15 is 0 Å². The summed E-state index contributed by atoms with van der Waals surface area (Å²) in [6.07, 6.45) is 0.309. The Morgan fingerprint density at radius 2 is 1.88 bits per heavy atom. The van der Waals surface area contributed by atoms with Gasteiger partial charge in [-0.2, -0.15) is 4.31 Å². The van der Waals surface area contributed by atoms with Crippen molar-refractivity contribution in [3.8, 4) is 5.88 Å². The van der Waals surface area contributed by atoms with Gasteiger partial charge in [0.25, 0.3) is 11.6 Å². The molecule has 1 saturated heterocycles. The van der Waals surface area contributed by atoms with Gasteiger partial charge in [0.1, 0.15) is 0 Å². The first kappa shape index (κ1) is 23.5. The van der Waals surface area contributed by atoms with Crippen LogP contribution in [0.1, 0.15) is 12.0 Å². The molecular formula is C21H21N5O7S. The molecule has 1 aromatic heterocycles. The fourth-order valence-corrected chi connectivity index (χ4v) is 4.95. The molecule has 0 radical (unpaired) electrons. The molecule has 178 valence electrons. The van der Waals surface area contributed by atoms with E-state index in [1.54, 1.807) is 12.1 Å². The van der Waals surface area contributed by atoms with Crippen molar-refractivity contribution in [3.05, 3.63) is 58.1 Å². The highest BCUT2D eigenvalue weighted by Gasteiger charge is 2.26. The summed E-state index contributed by atoms with van der Waals surface area (Å²) >= 11 is 0. The fraction of sp³-hybridized carbons (Fsp3) is 0.286. The van der Waals surface area contributed by atoms with Gasteiger partial charge in [-0.15, -0.1) is 10.2 Å². The lowest BCUT2D eigenvalue weighted by atomic mass is 10.1. The van der Waals surface area contributed by atoms with E-state index < -0.39 is 20.9 Å². The molecule has 1 fully saturated rings. The lowest BCUT2D eigenvalue weighted by Gasteiger charge is -2.26. The third-order valence-corrected chi connectivity index (χ3v) is 7.28. The van der Waals surface area contributed by atoms with Crippen molar-refractivity contribution >= 4 is 38.2 Å². The number of morpholine rings is 1. The molecule has 0 spiro atoms. The third-order valence-electron chi connectivity index (χ3n) is 5.37. The lowest BCUT2D eigenvalue weighted by molar-refractivity contribution is -0.384. The molecule has 0 atom stereocenters. The summed E-state index contributed by atoms with van der Waals surface area (Å²) < 4.78 is 31.9. The number of fused-ring (bicyclic) bond motifs is 1. The third kappa shape index (κ3) is 4.95. The number of sulfonamides is 1. The van der Waals surface area contributed by atoms with Crippen LogP contribution in [0.3, 0.4) is 0 Å². The SMILES string of the molecule is O=C(CCc1ccc(S(=O)(=O)N2CCOCC2)cc1)N=Nc1c(O)[nH]c2ccc([N+](=O)[O-])cc12. The molecule has 0 bridgehead atoms. The quantitative estimate of drug-likeness (QED) is 0.293. The predicted molar refractivity (Wildman–Crippen MR) is 120 cm³/mol. The van der Waals surface area contributed by atoms with Crippen LogP contribution >= 0.6 is 0 Å². The Hall–Kier alpha value is -3.68. The number of non-ortho nitro benzene ring substituents is 1. The van der Waals surface area contributed by atoms with E-state index in [1.165, 1.54) is 34.6 Å². The second-order valence-corrected chi connectivity index (χ2v) is 9.50. The number of nitrogens with zero attached hydrogens (tertiary/aromatic N) is 4. The van der Waals surface area contributed by atoms with Gasteiger partial charge in [0, 0.05) is 37.0 Å². The van der Waals surface area contributed by atoms with Crippen molar-refractivity contribution in [1.29, 1.82) is 0 Å². The number of rotatable bonds is 7. The Balaban J connectivity index is 1.40. The van der Waals surface area contributed by atoms with Crippen LogP contribution in [0.25, 0.3) is 10.9 Å². The maximum atomic E-state index is 12.7. The molecular weight excluding hydrogens is 466 g/mol. The summed E-state index contributed by atoms with van der Waals surface area (Å²) in [7, 11) is -3.59. The number of aryl methyl sites for hydroxylation is 1. The Kier molecular flexibility index (Phi) is 6.68. The molecule has 2 aromatic carbocycles. The maximum absolute atomic E-state index is 12.7. The van der Waals surface area contributed by atoms with Gasteiger partial charge in [-0.1, -0.05) is 12.1 Å². The number of nitro groups is 1. The van der Waals surface area contributed by atoms with Gasteiger partial charge in [-0.3, -0.25) is 14.9 Å². The normalized spacial score (nSPS) is 15.2. The molecule has 13 heteroatoms. The van der Waals surface area contributed by atoms with Gasteiger partial charge in [0.05, 0.1) is 28.5 Å². The van der Waals surface area contributed by atoms with E-state index in [9.17, 15) is 28.4 Å². The first-order valence-electron chi connectivity index (χ1n) is 10.4. The van der Waals surface area contributed by atoms with Crippen LogP contribution in [-0.4, -0.2) is 59.9 Å². The molecule has 12 nitrogen and oxygen atoms in total. The standard InChI is InChI=1S/C21H21N5O7S/c27-19(23-24-20-17-13-15(26(29)30)4-7-18(17)22-21(20)28)8-3-14-1-5-16(6-2-14)34(31,32)25-9-11-33-12-10-25/h1-2,4-7,13,22,28H,3,8-12H2. The van der Waals surface area contributed by atoms with Crippen LogP contribution in [0.5, 0.6) is 5.88 Å². The van der Waals surface area contributed by atoms with E-state index in [4.69, 9.17) is 4.74 Å². The van der Waals surface area contributed by atoms with E-state index in [-0.39, 0.29) is 34.0 Å². The van der Waals surface area contributed by atoms with Crippen molar-refractivity contribution in [3.63, 3.8) is 0 Å². The van der Waals surface area contributed by atoms with Crippen molar-refractivity contribution in [2.75, 3.05) is 26.3 Å². The Morgan fingerprint density at radius 3 is 2.56 bits per heavy atom. The van der Waals surface area contributed by atoms with Crippen molar-refractivity contribution < 1.29 is 28.0 Å². The number of nitro benzene ring substituents is 1. The summed E-state index contributed by atoms with van der Waals surface area (Å²) in [5.41, 5.74) is 0.907. The summed E-state index contributed by atoms with van der Waals surface area (Å²) in [4.78, 5) is 25.4.